The van der Waals surface area contributed by atoms with E-state index in [9.17, 15) is 18.4 Å². The minimum Gasteiger partial charge on any atom is -0.497 e. The molecule has 13 heteroatoms. The first kappa shape index (κ1) is 31.2. The number of pyridine rings is 2. The highest BCUT2D eigenvalue weighted by molar-refractivity contribution is 7.89. The topological polar surface area (TPSA) is 131 Å². The number of sulfonamides is 1. The Bertz CT molecular complexity index is 1170. The van der Waals surface area contributed by atoms with Gasteiger partial charge >= 0.3 is 0 Å². The van der Waals surface area contributed by atoms with Crippen molar-refractivity contribution in [3.05, 3.63) is 84.4 Å². The monoisotopic (exact) mass is 558 g/mol. The summed E-state index contributed by atoms with van der Waals surface area (Å²) in [4.78, 5) is 20.8. The van der Waals surface area contributed by atoms with Crippen LogP contribution >= 0.6 is 24.8 Å². The zero-order valence-electron chi connectivity index (χ0n) is 19.6. The molecule has 0 fully saturated rings. The second kappa shape index (κ2) is 14.7. The fraction of sp³-hybridized carbons (Fsp3) is 0.261. The van der Waals surface area contributed by atoms with Crippen molar-refractivity contribution >= 4 is 40.7 Å². The quantitative estimate of drug-likeness (QED) is 0.271. The molecule has 0 aliphatic carbocycles. The number of nitrogens with zero attached hydrogens (tertiary/aromatic N) is 3. The Hall–Kier alpha value is -2.80. The number of halogens is 2. The lowest BCUT2D eigenvalue weighted by atomic mass is 10.1. The number of methoxy groups -OCH3 is 1. The van der Waals surface area contributed by atoms with Crippen LogP contribution in [0, 0.1) is 0 Å². The predicted molar refractivity (Wildman–Crippen MR) is 137 cm³/mol. The SMILES string of the molecule is COc1ccc(S(=O)(=O)N(Cc2cccnc2)C(C(=O)NO)C(C)OCc2cccnc2)cc1.Cl.Cl. The van der Waals surface area contributed by atoms with Gasteiger partial charge in [0.1, 0.15) is 11.8 Å². The fourth-order valence-corrected chi connectivity index (χ4v) is 4.97. The second-order valence-electron chi connectivity index (χ2n) is 7.39. The molecule has 0 aliphatic rings. The Kier molecular flexibility index (Phi) is 12.7. The van der Waals surface area contributed by atoms with Crippen LogP contribution in [0.1, 0.15) is 18.1 Å². The van der Waals surface area contributed by atoms with Crippen molar-refractivity contribution in [3.8, 4) is 5.75 Å². The molecule has 2 unspecified atom stereocenters. The van der Waals surface area contributed by atoms with Gasteiger partial charge in [0.15, 0.2) is 0 Å². The summed E-state index contributed by atoms with van der Waals surface area (Å²) in [6.07, 6.45) is 5.35. The van der Waals surface area contributed by atoms with Crippen LogP contribution in [0.25, 0.3) is 0 Å². The number of benzene rings is 1. The molecule has 1 aromatic carbocycles. The van der Waals surface area contributed by atoms with Crippen LogP contribution in [0.15, 0.2) is 78.2 Å². The number of rotatable bonds is 11. The van der Waals surface area contributed by atoms with Gasteiger partial charge in [0.25, 0.3) is 5.91 Å². The molecule has 2 aromatic heterocycles. The van der Waals surface area contributed by atoms with E-state index >= 15 is 0 Å². The summed E-state index contributed by atoms with van der Waals surface area (Å²) in [5, 5.41) is 9.44. The Morgan fingerprint density at radius 1 is 1.03 bits per heavy atom. The number of hydrogen-bond acceptors (Lipinski definition) is 8. The molecule has 2 N–H and O–H groups in total. The average Bonchev–Trinajstić information content (AvgIpc) is 2.88. The summed E-state index contributed by atoms with van der Waals surface area (Å²) >= 11 is 0. The molecule has 0 aliphatic heterocycles. The highest BCUT2D eigenvalue weighted by Gasteiger charge is 2.40. The predicted octanol–water partition coefficient (Wildman–Crippen LogP) is 3.00. The first-order valence-electron chi connectivity index (χ1n) is 10.4. The van der Waals surface area contributed by atoms with Crippen LogP contribution < -0.4 is 10.2 Å². The molecule has 0 saturated carbocycles. The molecule has 0 spiro atoms. The summed E-state index contributed by atoms with van der Waals surface area (Å²) in [5.74, 6) is -0.449. The van der Waals surface area contributed by atoms with Crippen LogP contribution in [0.3, 0.4) is 0 Å². The smallest absolute Gasteiger partial charge is 0.264 e. The lowest BCUT2D eigenvalue weighted by Gasteiger charge is -2.33. The number of amides is 1. The zero-order valence-corrected chi connectivity index (χ0v) is 22.0. The number of hydrogen-bond donors (Lipinski definition) is 2. The van der Waals surface area contributed by atoms with Gasteiger partial charge in [-0.1, -0.05) is 12.1 Å². The maximum absolute atomic E-state index is 13.7. The summed E-state index contributed by atoms with van der Waals surface area (Å²) in [5.41, 5.74) is 2.87. The lowest BCUT2D eigenvalue weighted by Crippen LogP contribution is -2.54. The molecule has 2 heterocycles. The molecule has 2 atom stereocenters. The van der Waals surface area contributed by atoms with Crippen LogP contribution in [-0.4, -0.2) is 53.1 Å². The molecule has 0 saturated heterocycles. The molecule has 196 valence electrons. The van der Waals surface area contributed by atoms with Gasteiger partial charge in [0, 0.05) is 31.3 Å². The molecule has 1 amide bonds. The van der Waals surface area contributed by atoms with E-state index in [2.05, 4.69) is 9.97 Å². The number of nitrogens with one attached hydrogen (secondary N) is 1. The van der Waals surface area contributed by atoms with E-state index in [1.807, 2.05) is 0 Å². The van der Waals surface area contributed by atoms with E-state index in [1.165, 1.54) is 37.6 Å². The Balaban J connectivity index is 0.00000324. The third-order valence-corrected chi connectivity index (χ3v) is 6.94. The van der Waals surface area contributed by atoms with E-state index in [4.69, 9.17) is 9.47 Å². The molecule has 3 aromatic rings. The summed E-state index contributed by atoms with van der Waals surface area (Å²) in [6, 6.07) is 11.3. The highest BCUT2D eigenvalue weighted by atomic mass is 35.5. The van der Waals surface area contributed by atoms with Gasteiger partial charge in [0.05, 0.1) is 24.7 Å². The van der Waals surface area contributed by atoms with Crippen molar-refractivity contribution in [2.24, 2.45) is 0 Å². The number of ether oxygens (including phenoxy) is 2. The van der Waals surface area contributed by atoms with E-state index in [1.54, 1.807) is 55.3 Å². The summed E-state index contributed by atoms with van der Waals surface area (Å²) in [6.45, 7) is 1.48. The molecule has 3 rings (SSSR count). The van der Waals surface area contributed by atoms with Gasteiger partial charge in [-0.15, -0.1) is 24.8 Å². The van der Waals surface area contributed by atoms with Gasteiger partial charge < -0.3 is 9.47 Å². The van der Waals surface area contributed by atoms with Gasteiger partial charge in [-0.3, -0.25) is 20.0 Å². The summed E-state index contributed by atoms with van der Waals surface area (Å²) in [7, 11) is -2.75. The fourth-order valence-electron chi connectivity index (χ4n) is 3.33. The second-order valence-corrected chi connectivity index (χ2v) is 9.28. The molecular weight excluding hydrogens is 531 g/mol. The van der Waals surface area contributed by atoms with Crippen LogP contribution in [0.2, 0.25) is 0 Å². The Morgan fingerprint density at radius 3 is 2.11 bits per heavy atom. The van der Waals surface area contributed by atoms with Gasteiger partial charge in [-0.2, -0.15) is 4.31 Å². The Labute approximate surface area is 222 Å². The van der Waals surface area contributed by atoms with Crippen molar-refractivity contribution in [2.75, 3.05) is 7.11 Å². The number of carbonyl (C=O) groups excluding carboxylic acids is 1. The average molecular weight is 559 g/mol. The van der Waals surface area contributed by atoms with E-state index in [0.29, 0.717) is 11.3 Å². The van der Waals surface area contributed by atoms with Crippen LogP contribution in [0.4, 0.5) is 0 Å². The molecule has 10 nitrogen and oxygen atoms in total. The Morgan fingerprint density at radius 2 is 1.61 bits per heavy atom. The van der Waals surface area contributed by atoms with E-state index in [-0.39, 0.29) is 42.9 Å². The van der Waals surface area contributed by atoms with Crippen molar-refractivity contribution < 1.29 is 27.9 Å². The third-order valence-electron chi connectivity index (χ3n) is 5.10. The largest absolute Gasteiger partial charge is 0.497 e. The third kappa shape index (κ3) is 7.85. The van der Waals surface area contributed by atoms with E-state index in [0.717, 1.165) is 9.87 Å². The van der Waals surface area contributed by atoms with Crippen LogP contribution in [-0.2, 0) is 32.7 Å². The van der Waals surface area contributed by atoms with Gasteiger partial charge in [0.2, 0.25) is 10.0 Å². The first-order chi connectivity index (χ1) is 16.4. The van der Waals surface area contributed by atoms with Crippen molar-refractivity contribution in [1.82, 2.24) is 19.8 Å². The number of aromatic nitrogens is 2. The summed E-state index contributed by atoms with van der Waals surface area (Å²) < 4.78 is 39.4. The van der Waals surface area contributed by atoms with E-state index < -0.39 is 28.1 Å². The first-order valence-corrected chi connectivity index (χ1v) is 11.8. The van der Waals surface area contributed by atoms with Gasteiger partial charge in [-0.25, -0.2) is 13.9 Å². The minimum absolute atomic E-state index is 0. The van der Waals surface area contributed by atoms with Crippen molar-refractivity contribution in [3.63, 3.8) is 0 Å². The van der Waals surface area contributed by atoms with Gasteiger partial charge in [-0.05, 0) is 54.4 Å². The maximum Gasteiger partial charge on any atom is 0.264 e. The van der Waals surface area contributed by atoms with Crippen molar-refractivity contribution in [2.45, 2.75) is 37.1 Å². The number of carbonyl (C=O) groups is 1. The minimum atomic E-state index is -4.22. The molecule has 36 heavy (non-hydrogen) atoms. The van der Waals surface area contributed by atoms with Crippen LogP contribution in [0.5, 0.6) is 5.75 Å². The highest BCUT2D eigenvalue weighted by Crippen LogP contribution is 2.26. The molecule has 0 bridgehead atoms. The maximum atomic E-state index is 13.7. The normalized spacial score (nSPS) is 12.6. The standard InChI is InChI=1S/C23H26N4O6S.2ClH/c1-17(33-16-19-6-4-12-25-14-19)22(23(28)26-29)27(15-18-5-3-11-24-13-18)34(30,31)21-9-7-20(32-2)8-10-21;;/h3-14,17,22,29H,15-16H2,1-2H3,(H,26,28);2*1H. The lowest BCUT2D eigenvalue weighted by molar-refractivity contribution is -0.138. The zero-order chi connectivity index (χ0) is 24.6. The van der Waals surface area contributed by atoms with Crippen molar-refractivity contribution in [1.29, 1.82) is 0 Å². The number of hydroxylamine groups is 1. The molecule has 0 radical (unpaired) electrons. The molecular formula is C23H28Cl2N4O6S.